The standard InChI is InChI=1S/C13H11BrF4N2S/c14-7-4-8(21-6-7)5-11(20-19)9-2-1-3-10(12(9)15)13(16,17)18/h1-4,6,11,20H,5,19H2. The quantitative estimate of drug-likeness (QED) is 0.466. The molecule has 1 aromatic heterocycles. The fourth-order valence-corrected chi connectivity index (χ4v) is 3.46. The van der Waals surface area contributed by atoms with E-state index in [1.165, 1.54) is 23.5 Å². The Morgan fingerprint density at radius 3 is 2.57 bits per heavy atom. The highest BCUT2D eigenvalue weighted by Gasteiger charge is 2.35. The molecule has 0 fully saturated rings. The molecular weight excluding hydrogens is 372 g/mol. The van der Waals surface area contributed by atoms with E-state index in [2.05, 4.69) is 21.4 Å². The first kappa shape index (κ1) is 16.4. The lowest BCUT2D eigenvalue weighted by Crippen LogP contribution is -2.30. The van der Waals surface area contributed by atoms with Crippen molar-refractivity contribution >= 4 is 27.3 Å². The molecule has 2 rings (SSSR count). The van der Waals surface area contributed by atoms with Gasteiger partial charge in [0, 0.05) is 26.7 Å². The molecule has 1 unspecified atom stereocenters. The van der Waals surface area contributed by atoms with Crippen LogP contribution in [0, 0.1) is 5.82 Å². The lowest BCUT2D eigenvalue weighted by Gasteiger charge is -2.18. The number of nitrogens with two attached hydrogens (primary N) is 1. The molecule has 0 aliphatic carbocycles. The predicted molar refractivity (Wildman–Crippen MR) is 77.2 cm³/mol. The lowest BCUT2D eigenvalue weighted by molar-refractivity contribution is -0.140. The van der Waals surface area contributed by atoms with Crippen LogP contribution in [0.4, 0.5) is 17.6 Å². The van der Waals surface area contributed by atoms with Crippen molar-refractivity contribution in [2.75, 3.05) is 0 Å². The Labute approximate surface area is 131 Å². The lowest BCUT2D eigenvalue weighted by atomic mass is 10.00. The molecule has 1 aromatic carbocycles. The number of rotatable bonds is 4. The van der Waals surface area contributed by atoms with Crippen LogP contribution in [0.2, 0.25) is 0 Å². The van der Waals surface area contributed by atoms with Gasteiger partial charge in [0.15, 0.2) is 0 Å². The molecule has 0 saturated heterocycles. The third kappa shape index (κ3) is 3.82. The minimum atomic E-state index is -4.73. The monoisotopic (exact) mass is 382 g/mol. The predicted octanol–water partition coefficient (Wildman–Crippen LogP) is 4.42. The molecule has 0 amide bonds. The Bertz CT molecular complexity index is 627. The van der Waals surface area contributed by atoms with Crippen molar-refractivity contribution in [3.05, 3.63) is 55.9 Å². The highest BCUT2D eigenvalue weighted by atomic mass is 79.9. The molecule has 0 radical (unpaired) electrons. The van der Waals surface area contributed by atoms with Gasteiger partial charge >= 0.3 is 6.18 Å². The number of hydrazine groups is 1. The van der Waals surface area contributed by atoms with E-state index in [-0.39, 0.29) is 5.56 Å². The van der Waals surface area contributed by atoms with Gasteiger partial charge in [0.1, 0.15) is 5.82 Å². The van der Waals surface area contributed by atoms with Gasteiger partial charge in [0.25, 0.3) is 0 Å². The summed E-state index contributed by atoms with van der Waals surface area (Å²) in [6, 6.07) is 4.28. The second-order valence-electron chi connectivity index (χ2n) is 4.36. The highest BCUT2D eigenvalue weighted by Crippen LogP contribution is 2.35. The average Bonchev–Trinajstić information content (AvgIpc) is 2.81. The summed E-state index contributed by atoms with van der Waals surface area (Å²) < 4.78 is 53.1. The van der Waals surface area contributed by atoms with Crippen molar-refractivity contribution in [2.45, 2.75) is 18.6 Å². The first-order valence-electron chi connectivity index (χ1n) is 5.87. The van der Waals surface area contributed by atoms with Crippen molar-refractivity contribution in [1.29, 1.82) is 0 Å². The largest absolute Gasteiger partial charge is 0.419 e. The zero-order valence-corrected chi connectivity index (χ0v) is 12.9. The first-order valence-corrected chi connectivity index (χ1v) is 7.55. The van der Waals surface area contributed by atoms with E-state index >= 15 is 0 Å². The molecule has 0 aliphatic heterocycles. The maximum atomic E-state index is 14.1. The second kappa shape index (κ2) is 6.43. The van der Waals surface area contributed by atoms with Crippen LogP contribution in [0.15, 0.2) is 34.1 Å². The van der Waals surface area contributed by atoms with Crippen LogP contribution in [-0.2, 0) is 12.6 Å². The number of hydrogen-bond donors (Lipinski definition) is 2. The van der Waals surface area contributed by atoms with Crippen molar-refractivity contribution in [1.82, 2.24) is 5.43 Å². The van der Waals surface area contributed by atoms with Gasteiger partial charge < -0.3 is 0 Å². The third-order valence-electron chi connectivity index (χ3n) is 2.94. The molecule has 21 heavy (non-hydrogen) atoms. The Balaban J connectivity index is 2.34. The SMILES string of the molecule is NNC(Cc1cc(Br)cs1)c1cccc(C(F)(F)F)c1F. The van der Waals surface area contributed by atoms with Crippen molar-refractivity contribution in [2.24, 2.45) is 5.84 Å². The average molecular weight is 383 g/mol. The van der Waals surface area contributed by atoms with Gasteiger partial charge in [-0.3, -0.25) is 11.3 Å². The maximum Gasteiger partial charge on any atom is 0.419 e. The number of alkyl halides is 3. The molecule has 1 heterocycles. The van der Waals surface area contributed by atoms with Crippen molar-refractivity contribution < 1.29 is 17.6 Å². The van der Waals surface area contributed by atoms with Gasteiger partial charge in [-0.2, -0.15) is 13.2 Å². The molecule has 0 saturated carbocycles. The summed E-state index contributed by atoms with van der Waals surface area (Å²) in [6.07, 6.45) is -4.43. The Hall–Kier alpha value is -0.960. The van der Waals surface area contributed by atoms with Crippen molar-refractivity contribution in [3.8, 4) is 0 Å². The summed E-state index contributed by atoms with van der Waals surface area (Å²) in [4.78, 5) is 0.877. The Morgan fingerprint density at radius 1 is 1.33 bits per heavy atom. The summed E-state index contributed by atoms with van der Waals surface area (Å²) in [5.74, 6) is 4.09. The molecule has 3 N–H and O–H groups in total. The smallest absolute Gasteiger partial charge is 0.271 e. The fourth-order valence-electron chi connectivity index (χ4n) is 1.96. The van der Waals surface area contributed by atoms with Gasteiger partial charge in [0.05, 0.1) is 11.6 Å². The summed E-state index contributed by atoms with van der Waals surface area (Å²) in [6.45, 7) is 0. The van der Waals surface area contributed by atoms with E-state index in [4.69, 9.17) is 5.84 Å². The van der Waals surface area contributed by atoms with Gasteiger partial charge in [-0.05, 0) is 28.1 Å². The molecule has 0 aliphatic rings. The first-order chi connectivity index (χ1) is 9.82. The molecule has 0 spiro atoms. The van der Waals surface area contributed by atoms with Gasteiger partial charge in [0.2, 0.25) is 0 Å². The molecule has 2 aromatic rings. The highest BCUT2D eigenvalue weighted by molar-refractivity contribution is 9.10. The van der Waals surface area contributed by atoms with E-state index in [9.17, 15) is 17.6 Å². The van der Waals surface area contributed by atoms with Crippen LogP contribution >= 0.6 is 27.3 Å². The van der Waals surface area contributed by atoms with E-state index < -0.39 is 23.6 Å². The van der Waals surface area contributed by atoms with Crippen LogP contribution in [-0.4, -0.2) is 0 Å². The Morgan fingerprint density at radius 2 is 2.05 bits per heavy atom. The van der Waals surface area contributed by atoms with Crippen molar-refractivity contribution in [3.63, 3.8) is 0 Å². The van der Waals surface area contributed by atoms with Crippen LogP contribution in [0.3, 0.4) is 0 Å². The number of benzene rings is 1. The fraction of sp³-hybridized carbons (Fsp3) is 0.231. The number of halogens is 5. The zero-order chi connectivity index (χ0) is 15.6. The maximum absolute atomic E-state index is 14.1. The zero-order valence-electron chi connectivity index (χ0n) is 10.5. The minimum Gasteiger partial charge on any atom is -0.271 e. The Kier molecular flexibility index (Phi) is 5.03. The van der Waals surface area contributed by atoms with E-state index in [0.29, 0.717) is 12.5 Å². The molecule has 2 nitrogen and oxygen atoms in total. The minimum absolute atomic E-state index is 0.100. The molecular formula is C13H11BrF4N2S. The van der Waals surface area contributed by atoms with Crippen LogP contribution in [0.25, 0.3) is 0 Å². The summed E-state index contributed by atoms with van der Waals surface area (Å²) in [7, 11) is 0. The molecule has 0 bridgehead atoms. The second-order valence-corrected chi connectivity index (χ2v) is 6.27. The normalized spacial score (nSPS) is 13.4. The molecule has 8 heteroatoms. The number of hydrogen-bond acceptors (Lipinski definition) is 3. The van der Waals surface area contributed by atoms with Gasteiger partial charge in [-0.15, -0.1) is 11.3 Å². The van der Waals surface area contributed by atoms with E-state index in [1.54, 1.807) is 0 Å². The van der Waals surface area contributed by atoms with E-state index in [0.717, 1.165) is 9.35 Å². The summed E-state index contributed by atoms with van der Waals surface area (Å²) in [5, 5.41) is 1.84. The van der Waals surface area contributed by atoms with Crippen LogP contribution < -0.4 is 11.3 Å². The summed E-state index contributed by atoms with van der Waals surface area (Å²) in [5.41, 5.74) is 0.995. The van der Waals surface area contributed by atoms with Gasteiger partial charge in [-0.25, -0.2) is 4.39 Å². The number of thiophene rings is 1. The third-order valence-corrected chi connectivity index (χ3v) is 4.66. The van der Waals surface area contributed by atoms with E-state index in [1.807, 2.05) is 11.4 Å². The number of nitrogens with one attached hydrogen (secondary N) is 1. The van der Waals surface area contributed by atoms with Crippen LogP contribution in [0.1, 0.15) is 22.0 Å². The topological polar surface area (TPSA) is 38.0 Å². The van der Waals surface area contributed by atoms with Gasteiger partial charge in [-0.1, -0.05) is 12.1 Å². The molecule has 1 atom stereocenters. The molecule has 114 valence electrons. The van der Waals surface area contributed by atoms with Crippen LogP contribution in [0.5, 0.6) is 0 Å². The summed E-state index contributed by atoms with van der Waals surface area (Å²) >= 11 is 4.70.